The SMILES string of the molecule is CN1CCN(C(=O)C2COC3(CCN(C(=O)c4ccccc4F)CC3)N2C(=O)c2ccc(F)cc2)CC1. The summed E-state index contributed by atoms with van der Waals surface area (Å²) >= 11 is 0. The lowest BCUT2D eigenvalue weighted by molar-refractivity contribution is -0.139. The van der Waals surface area contributed by atoms with E-state index in [1.807, 2.05) is 7.05 Å². The van der Waals surface area contributed by atoms with Crippen molar-refractivity contribution in [2.24, 2.45) is 0 Å². The summed E-state index contributed by atoms with van der Waals surface area (Å²) in [6.45, 7) is 3.10. The predicted molar refractivity (Wildman–Crippen MR) is 131 cm³/mol. The van der Waals surface area contributed by atoms with Gasteiger partial charge in [0.2, 0.25) is 5.91 Å². The van der Waals surface area contributed by atoms with Gasteiger partial charge in [-0.25, -0.2) is 8.78 Å². The van der Waals surface area contributed by atoms with Crippen molar-refractivity contribution in [1.82, 2.24) is 19.6 Å². The van der Waals surface area contributed by atoms with E-state index in [2.05, 4.69) is 4.90 Å². The molecule has 2 aromatic carbocycles. The van der Waals surface area contributed by atoms with Crippen molar-refractivity contribution in [3.05, 3.63) is 71.3 Å². The molecule has 3 fully saturated rings. The van der Waals surface area contributed by atoms with Crippen molar-refractivity contribution in [3.63, 3.8) is 0 Å². The van der Waals surface area contributed by atoms with Crippen LogP contribution in [-0.4, -0.2) is 102 Å². The number of hydrogen-bond acceptors (Lipinski definition) is 5. The number of halogens is 2. The van der Waals surface area contributed by atoms with Crippen molar-refractivity contribution in [2.45, 2.75) is 24.6 Å². The van der Waals surface area contributed by atoms with Crippen LogP contribution in [-0.2, 0) is 9.53 Å². The highest BCUT2D eigenvalue weighted by atomic mass is 19.1. The van der Waals surface area contributed by atoms with Gasteiger partial charge in [0.1, 0.15) is 23.4 Å². The van der Waals surface area contributed by atoms with E-state index >= 15 is 0 Å². The fourth-order valence-corrected chi connectivity index (χ4v) is 5.39. The third-order valence-electron chi connectivity index (χ3n) is 7.61. The molecule has 8 nitrogen and oxygen atoms in total. The largest absolute Gasteiger partial charge is 0.353 e. The summed E-state index contributed by atoms with van der Waals surface area (Å²) in [5, 5.41) is 0. The Morgan fingerprint density at radius 2 is 1.49 bits per heavy atom. The summed E-state index contributed by atoms with van der Waals surface area (Å²) in [4.78, 5) is 47.3. The van der Waals surface area contributed by atoms with Gasteiger partial charge in [-0.1, -0.05) is 12.1 Å². The van der Waals surface area contributed by atoms with Crippen LogP contribution in [0.5, 0.6) is 0 Å². The Hall–Kier alpha value is -3.37. The summed E-state index contributed by atoms with van der Waals surface area (Å²) in [5.74, 6) is -2.07. The summed E-state index contributed by atoms with van der Waals surface area (Å²) in [6, 6.07) is 10.2. The first-order valence-corrected chi connectivity index (χ1v) is 12.5. The molecule has 0 bridgehead atoms. The number of ether oxygens (including phenoxy) is 1. The molecule has 3 amide bonds. The standard InChI is InChI=1S/C27H30F2N4O4/c1-30-14-16-32(17-15-30)26(36)23-18-37-27(33(23)24(34)19-6-8-20(28)9-7-19)10-12-31(13-11-27)25(35)21-4-2-3-5-22(21)29/h2-9,23H,10-18H2,1H3. The molecule has 2 aromatic rings. The number of piperidine rings is 1. The Balaban J connectivity index is 1.39. The molecule has 1 unspecified atom stereocenters. The van der Waals surface area contributed by atoms with E-state index in [4.69, 9.17) is 4.74 Å². The lowest BCUT2D eigenvalue weighted by atomic mass is 9.96. The zero-order valence-corrected chi connectivity index (χ0v) is 20.7. The quantitative estimate of drug-likeness (QED) is 0.631. The van der Waals surface area contributed by atoms with Crippen LogP contribution < -0.4 is 0 Å². The maximum absolute atomic E-state index is 14.2. The highest BCUT2D eigenvalue weighted by Gasteiger charge is 2.55. The van der Waals surface area contributed by atoms with E-state index in [0.717, 1.165) is 13.1 Å². The summed E-state index contributed by atoms with van der Waals surface area (Å²) < 4.78 is 34.0. The van der Waals surface area contributed by atoms with Gasteiger partial charge in [0.15, 0.2) is 0 Å². The Labute approximate surface area is 214 Å². The van der Waals surface area contributed by atoms with E-state index in [9.17, 15) is 23.2 Å². The van der Waals surface area contributed by atoms with E-state index in [1.165, 1.54) is 47.4 Å². The van der Waals surface area contributed by atoms with Gasteiger partial charge >= 0.3 is 0 Å². The highest BCUT2D eigenvalue weighted by Crippen LogP contribution is 2.39. The Kier molecular flexibility index (Phi) is 6.96. The minimum atomic E-state index is -1.09. The number of rotatable bonds is 3. The minimum absolute atomic E-state index is 0.00634. The van der Waals surface area contributed by atoms with Gasteiger partial charge in [-0.2, -0.15) is 0 Å². The lowest BCUT2D eigenvalue weighted by Gasteiger charge is -2.45. The van der Waals surface area contributed by atoms with Gasteiger partial charge in [0.25, 0.3) is 11.8 Å². The van der Waals surface area contributed by atoms with Gasteiger partial charge < -0.3 is 19.4 Å². The van der Waals surface area contributed by atoms with Crippen LogP contribution in [0.2, 0.25) is 0 Å². The average molecular weight is 513 g/mol. The van der Waals surface area contributed by atoms with Gasteiger partial charge in [0.05, 0.1) is 12.2 Å². The van der Waals surface area contributed by atoms with E-state index in [0.29, 0.717) is 13.1 Å². The fraction of sp³-hybridized carbons (Fsp3) is 0.444. The second-order valence-corrected chi connectivity index (χ2v) is 9.86. The second-order valence-electron chi connectivity index (χ2n) is 9.86. The zero-order valence-electron chi connectivity index (χ0n) is 20.7. The summed E-state index contributed by atoms with van der Waals surface area (Å²) in [5.41, 5.74) is -0.842. The topological polar surface area (TPSA) is 73.4 Å². The average Bonchev–Trinajstić information content (AvgIpc) is 3.27. The number of hydrogen-bond donors (Lipinski definition) is 0. The first kappa shape index (κ1) is 25.3. The van der Waals surface area contributed by atoms with E-state index in [-0.39, 0.29) is 49.6 Å². The minimum Gasteiger partial charge on any atom is -0.353 e. The molecule has 0 aliphatic carbocycles. The van der Waals surface area contributed by atoms with Crippen LogP contribution in [0.15, 0.2) is 48.5 Å². The van der Waals surface area contributed by atoms with Crippen molar-refractivity contribution in [2.75, 3.05) is 52.9 Å². The number of likely N-dealkylation sites (tertiary alicyclic amines) is 1. The number of amides is 3. The van der Waals surface area contributed by atoms with Crippen molar-refractivity contribution < 1.29 is 27.9 Å². The molecule has 0 aromatic heterocycles. The Bertz CT molecular complexity index is 1180. The van der Waals surface area contributed by atoms with Gasteiger partial charge in [-0.3, -0.25) is 19.3 Å². The second kappa shape index (κ2) is 10.2. The molecule has 1 atom stereocenters. The highest BCUT2D eigenvalue weighted by molar-refractivity contribution is 5.98. The summed E-state index contributed by atoms with van der Waals surface area (Å²) in [6.07, 6.45) is 0.541. The summed E-state index contributed by atoms with van der Waals surface area (Å²) in [7, 11) is 2.00. The van der Waals surface area contributed by atoms with Gasteiger partial charge in [-0.05, 0) is 43.4 Å². The number of nitrogens with zero attached hydrogens (tertiary/aromatic N) is 4. The first-order valence-electron chi connectivity index (χ1n) is 12.5. The van der Waals surface area contributed by atoms with Crippen LogP contribution in [0.1, 0.15) is 33.6 Å². The van der Waals surface area contributed by atoms with Crippen molar-refractivity contribution >= 4 is 17.7 Å². The number of carbonyl (C=O) groups is 3. The van der Waals surface area contributed by atoms with Crippen LogP contribution in [0, 0.1) is 11.6 Å². The van der Waals surface area contributed by atoms with Gasteiger partial charge in [0, 0.05) is 57.7 Å². The molecule has 0 saturated carbocycles. The van der Waals surface area contributed by atoms with E-state index in [1.54, 1.807) is 15.9 Å². The number of likely N-dealkylation sites (N-methyl/N-ethyl adjacent to an activating group) is 1. The maximum atomic E-state index is 14.2. The molecule has 5 rings (SSSR count). The third-order valence-corrected chi connectivity index (χ3v) is 7.61. The third kappa shape index (κ3) is 4.83. The van der Waals surface area contributed by atoms with Crippen LogP contribution in [0.4, 0.5) is 8.78 Å². The molecule has 1 spiro atoms. The molecule has 196 valence electrons. The predicted octanol–water partition coefficient (Wildman–Crippen LogP) is 2.21. The molecule has 3 heterocycles. The number of benzene rings is 2. The molecular formula is C27H30F2N4O4. The molecule has 0 radical (unpaired) electrons. The van der Waals surface area contributed by atoms with Gasteiger partial charge in [-0.15, -0.1) is 0 Å². The fourth-order valence-electron chi connectivity index (χ4n) is 5.39. The smallest absolute Gasteiger partial charge is 0.256 e. The lowest BCUT2D eigenvalue weighted by Crippen LogP contribution is -2.61. The zero-order chi connectivity index (χ0) is 26.2. The first-order chi connectivity index (χ1) is 17.8. The van der Waals surface area contributed by atoms with Crippen molar-refractivity contribution in [1.29, 1.82) is 0 Å². The maximum Gasteiger partial charge on any atom is 0.256 e. The number of carbonyl (C=O) groups excluding carboxylic acids is 3. The molecule has 3 aliphatic heterocycles. The normalized spacial score (nSPS) is 21.9. The van der Waals surface area contributed by atoms with E-state index < -0.39 is 35.2 Å². The molecular weight excluding hydrogens is 482 g/mol. The van der Waals surface area contributed by atoms with Crippen LogP contribution in [0.3, 0.4) is 0 Å². The molecule has 3 aliphatic rings. The molecule has 3 saturated heterocycles. The van der Waals surface area contributed by atoms with Crippen LogP contribution >= 0.6 is 0 Å². The molecule has 0 N–H and O–H groups in total. The Morgan fingerprint density at radius 3 is 2.14 bits per heavy atom. The Morgan fingerprint density at radius 1 is 0.838 bits per heavy atom. The van der Waals surface area contributed by atoms with Crippen LogP contribution in [0.25, 0.3) is 0 Å². The molecule has 10 heteroatoms. The molecule has 37 heavy (non-hydrogen) atoms. The number of piperazine rings is 1. The van der Waals surface area contributed by atoms with Crippen molar-refractivity contribution in [3.8, 4) is 0 Å². The monoisotopic (exact) mass is 512 g/mol.